The molecule has 5 unspecified atom stereocenters. The molecule has 49 heavy (non-hydrogen) atoms. The van der Waals surface area contributed by atoms with Crippen molar-refractivity contribution in [3.8, 4) is 23.3 Å². The first kappa shape index (κ1) is 36.1. The van der Waals surface area contributed by atoms with Gasteiger partial charge in [-0.05, 0) is 80.3 Å². The van der Waals surface area contributed by atoms with Gasteiger partial charge in [-0.3, -0.25) is 9.59 Å². The zero-order chi connectivity index (χ0) is 35.3. The molecule has 10 heteroatoms. The van der Waals surface area contributed by atoms with Crippen molar-refractivity contribution in [1.82, 2.24) is 0 Å². The van der Waals surface area contributed by atoms with Crippen LogP contribution in [0.2, 0.25) is 0 Å². The van der Waals surface area contributed by atoms with Gasteiger partial charge in [-0.15, -0.1) is 0 Å². The predicted molar refractivity (Wildman–Crippen MR) is 183 cm³/mol. The zero-order valence-electron chi connectivity index (χ0n) is 28.5. The predicted octanol–water partition coefficient (Wildman–Crippen LogP) is 4.95. The van der Waals surface area contributed by atoms with Crippen molar-refractivity contribution >= 4 is 23.4 Å². The lowest BCUT2D eigenvalue weighted by Gasteiger charge is -2.43. The summed E-state index contributed by atoms with van der Waals surface area (Å²) in [7, 11) is 0. The third-order valence-corrected chi connectivity index (χ3v) is 9.96. The molecular weight excluding hydrogens is 626 g/mol. The minimum atomic E-state index is -1.48. The Bertz CT molecular complexity index is 1660. The van der Waals surface area contributed by atoms with E-state index in [0.29, 0.717) is 72.0 Å². The van der Waals surface area contributed by atoms with Crippen molar-refractivity contribution in [1.29, 1.82) is 0 Å². The number of allylic oxidation sites excluding steroid dienone is 1. The number of fused-ring (bicyclic) bond motifs is 1. The molecule has 0 saturated heterocycles. The Morgan fingerprint density at radius 3 is 2.45 bits per heavy atom. The average Bonchev–Trinajstić information content (AvgIpc) is 3.08. The SMILES string of the molecule is CC=C1CC(c2cc(CO)cc(NCC(C)O)c2)C#CC2CC(=O)Oc3cc(O)c(cc32)CC(C(O)(CCC)C2CCC(=O)CC2)OC1=O. The number of phenols is 1. The summed E-state index contributed by atoms with van der Waals surface area (Å²) in [5, 5.41) is 46.8. The van der Waals surface area contributed by atoms with Crippen LogP contribution < -0.4 is 10.1 Å². The molecule has 1 saturated carbocycles. The molecule has 2 aliphatic heterocycles. The van der Waals surface area contributed by atoms with Gasteiger partial charge in [-0.25, -0.2) is 4.79 Å². The number of hydrogen-bond acceptors (Lipinski definition) is 10. The Balaban J connectivity index is 1.64. The number of phenolic OH excluding ortho intramolecular Hbond substituents is 1. The molecule has 0 aromatic heterocycles. The molecule has 5 N–H and O–H groups in total. The van der Waals surface area contributed by atoms with E-state index < -0.39 is 41.6 Å². The molecule has 2 aromatic rings. The van der Waals surface area contributed by atoms with Crippen molar-refractivity contribution < 1.29 is 44.3 Å². The number of cyclic esters (lactones) is 1. The number of nitrogens with one attached hydrogen (secondary N) is 1. The highest BCUT2D eigenvalue weighted by molar-refractivity contribution is 5.89. The smallest absolute Gasteiger partial charge is 0.334 e. The molecule has 5 atom stereocenters. The van der Waals surface area contributed by atoms with Crippen LogP contribution in [0.1, 0.15) is 106 Å². The van der Waals surface area contributed by atoms with Crippen LogP contribution in [-0.2, 0) is 32.1 Å². The van der Waals surface area contributed by atoms with Gasteiger partial charge in [0.2, 0.25) is 0 Å². The van der Waals surface area contributed by atoms with Gasteiger partial charge < -0.3 is 35.2 Å². The number of esters is 2. The van der Waals surface area contributed by atoms with Crippen LogP contribution in [0.3, 0.4) is 0 Å². The topological polar surface area (TPSA) is 163 Å². The fraction of sp³-hybridized carbons (Fsp3) is 0.513. The normalized spacial score (nSPS) is 24.2. The molecule has 2 bridgehead atoms. The number of benzene rings is 2. The maximum Gasteiger partial charge on any atom is 0.334 e. The summed E-state index contributed by atoms with van der Waals surface area (Å²) in [5.41, 5.74) is 1.87. The average molecular weight is 674 g/mol. The number of ether oxygens (including phenoxy) is 2. The van der Waals surface area contributed by atoms with E-state index >= 15 is 0 Å². The van der Waals surface area contributed by atoms with E-state index in [4.69, 9.17) is 9.47 Å². The van der Waals surface area contributed by atoms with Gasteiger partial charge in [0.15, 0.2) is 0 Å². The van der Waals surface area contributed by atoms with Gasteiger partial charge in [0.1, 0.15) is 29.0 Å². The summed E-state index contributed by atoms with van der Waals surface area (Å²) in [6.07, 6.45) is 2.66. The van der Waals surface area contributed by atoms with Crippen LogP contribution >= 0.6 is 0 Å². The van der Waals surface area contributed by atoms with Gasteiger partial charge in [0, 0.05) is 54.6 Å². The number of carbonyl (C=O) groups excluding carboxylic acids is 3. The van der Waals surface area contributed by atoms with E-state index in [-0.39, 0.29) is 55.6 Å². The summed E-state index contributed by atoms with van der Waals surface area (Å²) in [6, 6.07) is 8.57. The standard InChI is InChI=1S/C39H47NO9/c1-4-12-39(47,30-8-10-32(43)11-9-30)36-18-29-17-33-27(19-37(45)48-35(33)20-34(29)44)7-6-26(15-25(5-2)38(46)49-36)28-13-24(22-41)14-31(16-28)40-21-23(3)42/h5,13-14,16-17,20,23,26-27,30,36,40-42,44,47H,4,8-12,15,18-19,21-22H2,1-3H3. The summed E-state index contributed by atoms with van der Waals surface area (Å²) in [6.45, 7) is 5.38. The van der Waals surface area contributed by atoms with Crippen molar-refractivity contribution in [3.05, 3.63) is 64.2 Å². The largest absolute Gasteiger partial charge is 0.508 e. The first-order chi connectivity index (χ1) is 23.4. The molecule has 10 nitrogen and oxygen atoms in total. The van der Waals surface area contributed by atoms with Gasteiger partial charge >= 0.3 is 11.9 Å². The molecule has 0 radical (unpaired) electrons. The van der Waals surface area contributed by atoms with Crippen LogP contribution in [-0.4, -0.2) is 62.5 Å². The maximum atomic E-state index is 14.1. The van der Waals surface area contributed by atoms with E-state index in [0.717, 1.165) is 0 Å². The number of carbonyl (C=O) groups is 3. The highest BCUT2D eigenvalue weighted by Gasteiger charge is 2.47. The maximum absolute atomic E-state index is 14.1. The fourth-order valence-corrected chi connectivity index (χ4v) is 7.29. The molecule has 2 heterocycles. The van der Waals surface area contributed by atoms with E-state index in [2.05, 4.69) is 17.2 Å². The Morgan fingerprint density at radius 1 is 1.04 bits per heavy atom. The minimum absolute atomic E-state index is 0.00281. The van der Waals surface area contributed by atoms with Crippen molar-refractivity contribution in [2.24, 2.45) is 5.92 Å². The second-order valence-electron chi connectivity index (χ2n) is 13.6. The fourth-order valence-electron chi connectivity index (χ4n) is 7.29. The second-order valence-corrected chi connectivity index (χ2v) is 13.6. The van der Waals surface area contributed by atoms with Gasteiger partial charge in [-0.2, -0.15) is 0 Å². The highest BCUT2D eigenvalue weighted by Crippen LogP contribution is 2.43. The molecule has 5 rings (SSSR count). The number of Topliss-reactive ketones (excluding diaryl/α,β-unsaturated/α-hetero) is 1. The lowest BCUT2D eigenvalue weighted by molar-refractivity contribution is -0.174. The molecule has 1 aliphatic carbocycles. The second kappa shape index (κ2) is 15.6. The summed E-state index contributed by atoms with van der Waals surface area (Å²) in [4.78, 5) is 39.0. The Hall–Kier alpha value is -4.17. The molecule has 262 valence electrons. The molecule has 1 fully saturated rings. The van der Waals surface area contributed by atoms with Gasteiger partial charge in [-0.1, -0.05) is 37.3 Å². The number of rotatable bonds is 9. The Morgan fingerprint density at radius 2 is 1.78 bits per heavy atom. The Kier molecular flexibility index (Phi) is 11.5. The van der Waals surface area contributed by atoms with E-state index in [1.165, 1.54) is 6.07 Å². The highest BCUT2D eigenvalue weighted by atomic mass is 16.6. The van der Waals surface area contributed by atoms with Gasteiger partial charge in [0.05, 0.1) is 25.0 Å². The molecule has 3 aliphatic rings. The van der Waals surface area contributed by atoms with Crippen LogP contribution in [0.4, 0.5) is 5.69 Å². The van der Waals surface area contributed by atoms with Crippen LogP contribution in [0.25, 0.3) is 0 Å². The third-order valence-electron chi connectivity index (χ3n) is 9.96. The number of aromatic hydroxyl groups is 1. The molecular formula is C39H47NO9. The number of aliphatic hydroxyl groups excluding tert-OH is 2. The molecule has 0 amide bonds. The summed E-state index contributed by atoms with van der Waals surface area (Å²) >= 11 is 0. The van der Waals surface area contributed by atoms with Crippen LogP contribution in [0.15, 0.2) is 42.0 Å². The summed E-state index contributed by atoms with van der Waals surface area (Å²) < 4.78 is 11.8. The number of ketones is 1. The Labute approximate surface area is 287 Å². The van der Waals surface area contributed by atoms with Crippen molar-refractivity contribution in [3.63, 3.8) is 0 Å². The summed E-state index contributed by atoms with van der Waals surface area (Å²) in [5.74, 6) is 4.23. The molecule has 0 spiro atoms. The minimum Gasteiger partial charge on any atom is -0.508 e. The number of anilines is 1. The number of hydrogen-bond donors (Lipinski definition) is 5. The zero-order valence-corrected chi connectivity index (χ0v) is 28.5. The van der Waals surface area contributed by atoms with Crippen LogP contribution in [0, 0.1) is 17.8 Å². The van der Waals surface area contributed by atoms with E-state index in [1.807, 2.05) is 19.1 Å². The lowest BCUT2D eigenvalue weighted by atomic mass is 9.70. The quantitative estimate of drug-likeness (QED) is 0.107. The third kappa shape index (κ3) is 8.35. The first-order valence-electron chi connectivity index (χ1n) is 17.3. The lowest BCUT2D eigenvalue weighted by Crippen LogP contribution is -2.53. The van der Waals surface area contributed by atoms with Crippen molar-refractivity contribution in [2.75, 3.05) is 11.9 Å². The van der Waals surface area contributed by atoms with Gasteiger partial charge in [0.25, 0.3) is 0 Å². The van der Waals surface area contributed by atoms with Crippen molar-refractivity contribution in [2.45, 2.75) is 115 Å². The first-order valence-corrected chi connectivity index (χ1v) is 17.3. The number of aliphatic hydroxyl groups is 3. The molecule has 2 aromatic carbocycles. The van der Waals surface area contributed by atoms with E-state index in [9.17, 15) is 34.8 Å². The van der Waals surface area contributed by atoms with Crippen LogP contribution in [0.5, 0.6) is 11.5 Å². The monoisotopic (exact) mass is 673 g/mol. The van der Waals surface area contributed by atoms with E-state index in [1.54, 1.807) is 32.1 Å².